The van der Waals surface area contributed by atoms with Gasteiger partial charge in [-0.1, -0.05) is 0 Å². The summed E-state index contributed by atoms with van der Waals surface area (Å²) in [5.41, 5.74) is -0.959. The molecule has 8 heteroatoms. The molecule has 3 heterocycles. The number of alkyl halides is 3. The molecule has 128 valence electrons. The van der Waals surface area contributed by atoms with E-state index in [4.69, 9.17) is 0 Å². The minimum absolute atomic E-state index is 0.136. The number of amides is 1. The van der Waals surface area contributed by atoms with Crippen molar-refractivity contribution in [2.24, 2.45) is 0 Å². The van der Waals surface area contributed by atoms with Crippen molar-refractivity contribution in [1.29, 1.82) is 0 Å². The van der Waals surface area contributed by atoms with Crippen LogP contribution in [0, 0.1) is 0 Å². The van der Waals surface area contributed by atoms with Crippen molar-refractivity contribution < 1.29 is 18.0 Å². The van der Waals surface area contributed by atoms with Gasteiger partial charge in [-0.05, 0) is 45.3 Å². The van der Waals surface area contributed by atoms with Gasteiger partial charge in [0.1, 0.15) is 6.54 Å². The highest BCUT2D eigenvalue weighted by Gasteiger charge is 2.38. The van der Waals surface area contributed by atoms with Crippen molar-refractivity contribution >= 4 is 5.91 Å². The fourth-order valence-electron chi connectivity index (χ4n) is 3.75. The van der Waals surface area contributed by atoms with Crippen molar-refractivity contribution in [3.63, 3.8) is 0 Å². The highest BCUT2D eigenvalue weighted by Crippen LogP contribution is 2.30. The Labute approximate surface area is 133 Å². The number of hydrogen-bond donors (Lipinski definition) is 0. The first-order valence-electron chi connectivity index (χ1n) is 7.96. The molecule has 0 aliphatic carbocycles. The van der Waals surface area contributed by atoms with E-state index in [2.05, 4.69) is 17.0 Å². The molecule has 0 bridgehead atoms. The van der Waals surface area contributed by atoms with Crippen LogP contribution in [0.4, 0.5) is 13.2 Å². The first kappa shape index (κ1) is 16.3. The van der Waals surface area contributed by atoms with Gasteiger partial charge in [0.05, 0.1) is 0 Å². The Bertz CT molecular complexity index is 571. The number of carbonyl (C=O) groups is 1. The molecule has 1 amide bonds. The van der Waals surface area contributed by atoms with E-state index in [0.29, 0.717) is 12.6 Å². The number of likely N-dealkylation sites (tertiary alicyclic amines) is 2. The van der Waals surface area contributed by atoms with Crippen LogP contribution in [0.5, 0.6) is 0 Å². The van der Waals surface area contributed by atoms with Crippen LogP contribution >= 0.6 is 0 Å². The van der Waals surface area contributed by atoms with Crippen LogP contribution in [-0.2, 0) is 17.5 Å². The molecule has 1 aromatic heterocycles. The van der Waals surface area contributed by atoms with Crippen molar-refractivity contribution in [2.45, 2.75) is 50.5 Å². The van der Waals surface area contributed by atoms with Crippen molar-refractivity contribution in [3.8, 4) is 0 Å². The van der Waals surface area contributed by atoms with Gasteiger partial charge < -0.3 is 9.80 Å². The zero-order valence-corrected chi connectivity index (χ0v) is 13.1. The van der Waals surface area contributed by atoms with Gasteiger partial charge >= 0.3 is 6.18 Å². The summed E-state index contributed by atoms with van der Waals surface area (Å²) in [6.07, 6.45) is 0.866. The van der Waals surface area contributed by atoms with Gasteiger partial charge in [-0.15, -0.1) is 0 Å². The Balaban J connectivity index is 1.66. The van der Waals surface area contributed by atoms with Gasteiger partial charge in [-0.25, -0.2) is 0 Å². The molecule has 2 atom stereocenters. The van der Waals surface area contributed by atoms with E-state index >= 15 is 0 Å². The quantitative estimate of drug-likeness (QED) is 0.851. The van der Waals surface area contributed by atoms with E-state index in [9.17, 15) is 18.0 Å². The third kappa shape index (κ3) is 3.36. The normalized spacial score (nSPS) is 26.2. The number of halogens is 3. The maximum absolute atomic E-state index is 12.6. The molecule has 2 aliphatic heterocycles. The monoisotopic (exact) mass is 330 g/mol. The van der Waals surface area contributed by atoms with Gasteiger partial charge in [0.15, 0.2) is 5.69 Å². The first-order chi connectivity index (χ1) is 10.9. The lowest BCUT2D eigenvalue weighted by atomic mass is 10.0. The zero-order valence-electron chi connectivity index (χ0n) is 13.1. The Hall–Kier alpha value is -1.57. The molecular weight excluding hydrogens is 309 g/mol. The van der Waals surface area contributed by atoms with Crippen LogP contribution in [0.1, 0.15) is 31.4 Å². The average molecular weight is 330 g/mol. The molecule has 3 rings (SSSR count). The summed E-state index contributed by atoms with van der Waals surface area (Å²) < 4.78 is 38.8. The van der Waals surface area contributed by atoms with Gasteiger partial charge in [0, 0.05) is 24.8 Å². The van der Waals surface area contributed by atoms with Crippen LogP contribution < -0.4 is 0 Å². The lowest BCUT2D eigenvalue weighted by Crippen LogP contribution is -2.48. The molecule has 0 aromatic carbocycles. The third-order valence-corrected chi connectivity index (χ3v) is 4.87. The number of likely N-dealkylation sites (N-methyl/N-ethyl adjacent to an activating group) is 1. The van der Waals surface area contributed by atoms with Crippen LogP contribution in [0.3, 0.4) is 0 Å². The lowest BCUT2D eigenvalue weighted by Gasteiger charge is -2.33. The van der Waals surface area contributed by atoms with E-state index in [-0.39, 0.29) is 18.5 Å². The maximum atomic E-state index is 12.6. The molecule has 0 unspecified atom stereocenters. The van der Waals surface area contributed by atoms with Crippen molar-refractivity contribution in [2.75, 3.05) is 20.1 Å². The fraction of sp³-hybridized carbons (Fsp3) is 0.733. The molecule has 5 nitrogen and oxygen atoms in total. The van der Waals surface area contributed by atoms with E-state index in [1.807, 2.05) is 4.90 Å². The maximum Gasteiger partial charge on any atom is 0.435 e. The van der Waals surface area contributed by atoms with Crippen molar-refractivity contribution in [1.82, 2.24) is 19.6 Å². The molecule has 0 spiro atoms. The Kier molecular flexibility index (Phi) is 4.35. The van der Waals surface area contributed by atoms with E-state index in [1.54, 1.807) is 0 Å². The van der Waals surface area contributed by atoms with Gasteiger partial charge in [0.2, 0.25) is 5.91 Å². The van der Waals surface area contributed by atoms with Crippen LogP contribution in [0.25, 0.3) is 0 Å². The molecule has 0 saturated carbocycles. The largest absolute Gasteiger partial charge is 0.435 e. The number of carbonyl (C=O) groups excluding carboxylic acids is 1. The summed E-state index contributed by atoms with van der Waals surface area (Å²) in [4.78, 5) is 16.6. The van der Waals surface area contributed by atoms with Crippen LogP contribution in [-0.4, -0.2) is 57.7 Å². The van der Waals surface area contributed by atoms with Gasteiger partial charge in [0.25, 0.3) is 0 Å². The third-order valence-electron chi connectivity index (χ3n) is 4.87. The molecular formula is C15H21F3N4O. The zero-order chi connectivity index (χ0) is 16.6. The average Bonchev–Trinajstić information content (AvgIpc) is 3.16. The Morgan fingerprint density at radius 2 is 1.96 bits per heavy atom. The molecule has 0 radical (unpaired) electrons. The Morgan fingerprint density at radius 3 is 2.57 bits per heavy atom. The number of hydrogen-bond acceptors (Lipinski definition) is 3. The molecule has 23 heavy (non-hydrogen) atoms. The van der Waals surface area contributed by atoms with Gasteiger partial charge in [-0.3, -0.25) is 9.48 Å². The summed E-state index contributed by atoms with van der Waals surface area (Å²) >= 11 is 0. The molecule has 2 aliphatic rings. The summed E-state index contributed by atoms with van der Waals surface area (Å²) in [7, 11) is 2.07. The molecule has 2 saturated heterocycles. The Morgan fingerprint density at radius 1 is 1.26 bits per heavy atom. The van der Waals surface area contributed by atoms with E-state index in [0.717, 1.165) is 43.0 Å². The second-order valence-electron chi connectivity index (χ2n) is 6.38. The van der Waals surface area contributed by atoms with E-state index < -0.39 is 11.9 Å². The number of rotatable bonds is 3. The standard InChI is InChI=1S/C15H21F3N4O/c1-20-7-2-4-11(20)12-5-3-8-22(12)14(23)10-21-9-6-13(19-21)15(16,17)18/h6,9,11-12H,2-5,7-8,10H2,1H3/t11-,12+/m1/s1. The highest BCUT2D eigenvalue weighted by atomic mass is 19.4. The van der Waals surface area contributed by atoms with Crippen LogP contribution in [0.2, 0.25) is 0 Å². The summed E-state index contributed by atoms with van der Waals surface area (Å²) in [5.74, 6) is -0.148. The molecule has 1 aromatic rings. The summed E-state index contributed by atoms with van der Waals surface area (Å²) in [6.45, 7) is 1.58. The lowest BCUT2D eigenvalue weighted by molar-refractivity contribution is -0.142. The smallest absolute Gasteiger partial charge is 0.337 e. The topological polar surface area (TPSA) is 41.4 Å². The van der Waals surface area contributed by atoms with E-state index in [1.165, 1.54) is 6.20 Å². The van der Waals surface area contributed by atoms with Gasteiger partial charge in [-0.2, -0.15) is 18.3 Å². The highest BCUT2D eigenvalue weighted by molar-refractivity contribution is 5.76. The predicted octanol–water partition coefficient (Wildman–Crippen LogP) is 1.99. The number of aromatic nitrogens is 2. The predicted molar refractivity (Wildman–Crippen MR) is 77.6 cm³/mol. The summed E-state index contributed by atoms with van der Waals surface area (Å²) in [5, 5.41) is 3.46. The second kappa shape index (κ2) is 6.14. The fourth-order valence-corrected chi connectivity index (χ4v) is 3.75. The minimum atomic E-state index is -4.48. The first-order valence-corrected chi connectivity index (χ1v) is 7.96. The molecule has 0 N–H and O–H groups in total. The molecule has 2 fully saturated rings. The summed E-state index contributed by atoms with van der Waals surface area (Å²) in [6, 6.07) is 1.44. The number of nitrogens with zero attached hydrogens (tertiary/aromatic N) is 4. The van der Waals surface area contributed by atoms with Crippen molar-refractivity contribution in [3.05, 3.63) is 18.0 Å². The second-order valence-corrected chi connectivity index (χ2v) is 6.38. The van der Waals surface area contributed by atoms with Crippen LogP contribution in [0.15, 0.2) is 12.3 Å². The SMILES string of the molecule is CN1CCC[C@@H]1[C@@H]1CCCN1C(=O)Cn1ccc(C(F)(F)F)n1. The minimum Gasteiger partial charge on any atom is -0.337 e.